The minimum Gasteiger partial charge on any atom is -0.497 e. The number of hydrogen-bond donors (Lipinski definition) is 1. The molecule has 0 amide bonds. The van der Waals surface area contributed by atoms with Crippen LogP contribution in [0.4, 0.5) is 0 Å². The van der Waals surface area contributed by atoms with E-state index in [1.807, 2.05) is 0 Å². The molecule has 164 valence electrons. The summed E-state index contributed by atoms with van der Waals surface area (Å²) >= 11 is 0. The van der Waals surface area contributed by atoms with Crippen molar-refractivity contribution in [2.75, 3.05) is 20.3 Å². The average Bonchev–Trinajstić information content (AvgIpc) is 2.71. The van der Waals surface area contributed by atoms with Gasteiger partial charge in [-0.05, 0) is 82.2 Å². The zero-order valence-electron chi connectivity index (χ0n) is 19.5. The van der Waals surface area contributed by atoms with Gasteiger partial charge in [0.1, 0.15) is 12.3 Å². The van der Waals surface area contributed by atoms with Crippen molar-refractivity contribution in [3.05, 3.63) is 65.7 Å². The Morgan fingerprint density at radius 2 is 1.70 bits per heavy atom. The van der Waals surface area contributed by atoms with Crippen LogP contribution in [0.15, 0.2) is 54.6 Å². The van der Waals surface area contributed by atoms with Crippen molar-refractivity contribution in [3.63, 3.8) is 0 Å². The number of methoxy groups -OCH3 is 1. The first-order valence-corrected chi connectivity index (χ1v) is 11.5. The van der Waals surface area contributed by atoms with Gasteiger partial charge in [0.25, 0.3) is 0 Å². The Hall–Kier alpha value is -1.84. The van der Waals surface area contributed by atoms with Gasteiger partial charge in [0.2, 0.25) is 0 Å². The van der Waals surface area contributed by atoms with Crippen molar-refractivity contribution < 1.29 is 14.4 Å². The third-order valence-corrected chi connectivity index (χ3v) is 6.73. The van der Waals surface area contributed by atoms with Crippen LogP contribution in [0.25, 0.3) is 0 Å². The van der Waals surface area contributed by atoms with E-state index in [4.69, 9.17) is 9.47 Å². The molecule has 3 heteroatoms. The Morgan fingerprint density at radius 1 is 1.00 bits per heavy atom. The molecule has 0 radical (unpaired) electrons. The summed E-state index contributed by atoms with van der Waals surface area (Å²) in [6, 6.07) is 20.2. The molecule has 30 heavy (non-hydrogen) atoms. The van der Waals surface area contributed by atoms with Gasteiger partial charge in [0.05, 0.1) is 25.3 Å². The van der Waals surface area contributed by atoms with E-state index in [2.05, 4.69) is 82.3 Å². The molecular weight excluding hydrogens is 370 g/mol. The van der Waals surface area contributed by atoms with Crippen LogP contribution in [0, 0.1) is 5.41 Å². The van der Waals surface area contributed by atoms with Crippen molar-refractivity contribution in [3.8, 4) is 5.75 Å². The summed E-state index contributed by atoms with van der Waals surface area (Å²) in [6.45, 7) is 12.3. The molecule has 1 aliphatic rings. The second kappa shape index (κ2) is 9.98. The van der Waals surface area contributed by atoms with E-state index in [0.717, 1.165) is 38.2 Å². The molecule has 1 N–H and O–H groups in total. The van der Waals surface area contributed by atoms with E-state index in [1.165, 1.54) is 24.1 Å². The molecule has 1 aliphatic heterocycles. The van der Waals surface area contributed by atoms with Crippen LogP contribution in [-0.2, 0) is 17.7 Å². The van der Waals surface area contributed by atoms with Gasteiger partial charge in [-0.3, -0.25) is 0 Å². The molecular formula is C27H40NO2+. The molecule has 1 fully saturated rings. The summed E-state index contributed by atoms with van der Waals surface area (Å²) in [7, 11) is 1.72. The van der Waals surface area contributed by atoms with Gasteiger partial charge in [-0.1, -0.05) is 30.3 Å². The summed E-state index contributed by atoms with van der Waals surface area (Å²) in [5, 5.41) is 0. The highest BCUT2D eigenvalue weighted by atomic mass is 16.5. The van der Waals surface area contributed by atoms with Gasteiger partial charge in [0.15, 0.2) is 0 Å². The topological polar surface area (TPSA) is 22.9 Å². The summed E-state index contributed by atoms with van der Waals surface area (Å²) in [6.07, 6.45) is 4.66. The molecule has 2 aromatic carbocycles. The predicted octanol–water partition coefficient (Wildman–Crippen LogP) is 4.70. The Morgan fingerprint density at radius 3 is 2.30 bits per heavy atom. The Balaban J connectivity index is 1.73. The highest BCUT2D eigenvalue weighted by Gasteiger charge is 2.41. The van der Waals surface area contributed by atoms with Gasteiger partial charge in [-0.2, -0.15) is 0 Å². The Kier molecular flexibility index (Phi) is 7.60. The van der Waals surface area contributed by atoms with E-state index in [-0.39, 0.29) is 5.60 Å². The van der Waals surface area contributed by atoms with E-state index in [9.17, 15) is 0 Å². The first-order valence-electron chi connectivity index (χ1n) is 11.5. The maximum Gasteiger partial charge on any atom is 0.118 e. The third kappa shape index (κ3) is 6.33. The average molecular weight is 411 g/mol. The van der Waals surface area contributed by atoms with Gasteiger partial charge in [-0.15, -0.1) is 0 Å². The van der Waals surface area contributed by atoms with Gasteiger partial charge < -0.3 is 14.4 Å². The standard InChI is InChI=1S/C27H39NO2/c1-22(2)28(20-24-11-13-25(29-5)14-12-24)17-15-27(16-18-30-26(3,4)21-27)19-23-9-7-6-8-10-23/h6-14,22H,15-21H2,1-5H3/p+1. The molecule has 3 rings (SSSR count). The molecule has 0 bridgehead atoms. The highest BCUT2D eigenvalue weighted by molar-refractivity contribution is 5.26. The molecule has 0 aliphatic carbocycles. The normalized spacial score (nSPS) is 22.1. The quantitative estimate of drug-likeness (QED) is 0.648. The largest absolute Gasteiger partial charge is 0.497 e. The molecule has 2 aromatic rings. The van der Waals surface area contributed by atoms with Crippen LogP contribution < -0.4 is 9.64 Å². The SMILES string of the molecule is COc1ccc(C[NH+](CCC2(Cc3ccccc3)CCOC(C)(C)C2)C(C)C)cc1. The minimum absolute atomic E-state index is 0.0407. The Bertz CT molecular complexity index is 769. The van der Waals surface area contributed by atoms with Gasteiger partial charge >= 0.3 is 0 Å². The predicted molar refractivity (Wildman–Crippen MR) is 124 cm³/mol. The van der Waals surface area contributed by atoms with Crippen LogP contribution in [0.1, 0.15) is 58.1 Å². The van der Waals surface area contributed by atoms with Crippen molar-refractivity contribution >= 4 is 0 Å². The molecule has 0 aromatic heterocycles. The van der Waals surface area contributed by atoms with Crippen LogP contribution in [0.5, 0.6) is 5.75 Å². The number of quaternary nitrogens is 1. The van der Waals surface area contributed by atoms with Crippen LogP contribution >= 0.6 is 0 Å². The van der Waals surface area contributed by atoms with E-state index < -0.39 is 0 Å². The third-order valence-electron chi connectivity index (χ3n) is 6.73. The summed E-state index contributed by atoms with van der Waals surface area (Å²) in [5.74, 6) is 0.927. The van der Waals surface area contributed by atoms with Gasteiger partial charge in [0, 0.05) is 18.6 Å². The van der Waals surface area contributed by atoms with Crippen LogP contribution in [0.3, 0.4) is 0 Å². The van der Waals surface area contributed by atoms with Gasteiger partial charge in [-0.25, -0.2) is 0 Å². The van der Waals surface area contributed by atoms with E-state index >= 15 is 0 Å². The number of hydrogen-bond acceptors (Lipinski definition) is 2. The molecule has 0 saturated carbocycles. The zero-order valence-corrected chi connectivity index (χ0v) is 19.5. The zero-order chi connectivity index (χ0) is 21.6. The number of nitrogens with one attached hydrogen (secondary N) is 1. The van der Waals surface area contributed by atoms with Crippen molar-refractivity contribution in [1.82, 2.24) is 0 Å². The van der Waals surface area contributed by atoms with Crippen molar-refractivity contribution in [2.24, 2.45) is 5.41 Å². The lowest BCUT2D eigenvalue weighted by atomic mass is 9.68. The fourth-order valence-corrected chi connectivity index (χ4v) is 5.08. The lowest BCUT2D eigenvalue weighted by Crippen LogP contribution is -3.13. The lowest BCUT2D eigenvalue weighted by molar-refractivity contribution is -0.935. The maximum atomic E-state index is 6.11. The van der Waals surface area contributed by atoms with E-state index in [1.54, 1.807) is 12.0 Å². The Labute approximate surface area is 183 Å². The minimum atomic E-state index is -0.0407. The molecule has 1 saturated heterocycles. The van der Waals surface area contributed by atoms with E-state index in [0.29, 0.717) is 11.5 Å². The van der Waals surface area contributed by atoms with Crippen molar-refractivity contribution in [1.29, 1.82) is 0 Å². The van der Waals surface area contributed by atoms with Crippen LogP contribution in [0.2, 0.25) is 0 Å². The second-order valence-electron chi connectivity index (χ2n) is 10.0. The van der Waals surface area contributed by atoms with Crippen LogP contribution in [-0.4, -0.2) is 31.9 Å². The first kappa shape index (κ1) is 22.8. The fraction of sp³-hybridized carbons (Fsp3) is 0.556. The molecule has 3 nitrogen and oxygen atoms in total. The smallest absolute Gasteiger partial charge is 0.118 e. The summed E-state index contributed by atoms with van der Waals surface area (Å²) < 4.78 is 11.4. The number of rotatable bonds is 9. The fourth-order valence-electron chi connectivity index (χ4n) is 5.08. The number of ether oxygens (including phenoxy) is 2. The molecule has 2 unspecified atom stereocenters. The lowest BCUT2D eigenvalue weighted by Gasteiger charge is -2.45. The number of benzene rings is 2. The maximum absolute atomic E-state index is 6.11. The first-order chi connectivity index (χ1) is 14.3. The van der Waals surface area contributed by atoms with Crippen molar-refractivity contribution in [2.45, 2.75) is 71.6 Å². The highest BCUT2D eigenvalue weighted by Crippen LogP contribution is 2.43. The monoisotopic (exact) mass is 410 g/mol. The molecule has 2 atom stereocenters. The molecule has 1 heterocycles. The second-order valence-corrected chi connectivity index (χ2v) is 10.0. The molecule has 0 spiro atoms. The summed E-state index contributed by atoms with van der Waals surface area (Å²) in [5.41, 5.74) is 3.10. The summed E-state index contributed by atoms with van der Waals surface area (Å²) in [4.78, 5) is 1.65.